The predicted molar refractivity (Wildman–Crippen MR) is 113 cm³/mol. The second kappa shape index (κ2) is 9.14. The van der Waals surface area contributed by atoms with Crippen LogP contribution in [0.2, 0.25) is 0 Å². The van der Waals surface area contributed by atoms with Crippen molar-refractivity contribution in [2.75, 3.05) is 25.6 Å². The lowest BCUT2D eigenvalue weighted by molar-refractivity contribution is -0.492. The summed E-state index contributed by atoms with van der Waals surface area (Å²) in [4.78, 5) is 27.7. The van der Waals surface area contributed by atoms with Crippen molar-refractivity contribution in [2.24, 2.45) is 5.73 Å². The number of fused-ring (bicyclic) bond motifs is 3. The maximum Gasteiger partial charge on any atom is 0.345 e. The van der Waals surface area contributed by atoms with Crippen LogP contribution in [0.1, 0.15) is 6.92 Å². The first-order valence-electron chi connectivity index (χ1n) is 10.3. The fraction of sp³-hybridized carbons (Fsp3) is 0.429. The Bertz CT molecular complexity index is 1100. The third-order valence-electron chi connectivity index (χ3n) is 5.66. The fourth-order valence-corrected chi connectivity index (χ4v) is 3.85. The molecule has 0 radical (unpaired) electrons. The molecule has 0 aliphatic carbocycles. The summed E-state index contributed by atoms with van der Waals surface area (Å²) in [6.07, 6.45) is -1.19. The molecule has 4 rings (SSSR count). The third-order valence-corrected chi connectivity index (χ3v) is 5.66. The Morgan fingerprint density at radius 3 is 2.88 bits per heavy atom. The van der Waals surface area contributed by atoms with Gasteiger partial charge in [0.05, 0.1) is 18.2 Å². The molecule has 10 nitrogen and oxygen atoms in total. The number of carbonyl (C=O) groups excluding carboxylic acids is 2. The van der Waals surface area contributed by atoms with Gasteiger partial charge in [-0.1, -0.05) is 0 Å². The number of hydrogen-bond donors (Lipinski definition) is 2. The van der Waals surface area contributed by atoms with E-state index >= 15 is 0 Å². The van der Waals surface area contributed by atoms with Crippen LogP contribution >= 0.6 is 0 Å². The number of benzene rings is 1. The number of amides is 1. The van der Waals surface area contributed by atoms with Gasteiger partial charge in [0.2, 0.25) is 12.2 Å². The highest BCUT2D eigenvalue weighted by molar-refractivity contribution is 6.21. The van der Waals surface area contributed by atoms with E-state index in [1.807, 2.05) is 0 Å². The zero-order valence-corrected chi connectivity index (χ0v) is 18.0. The number of nitrogens with zero attached hydrogens (tertiary/aromatic N) is 3. The second-order valence-corrected chi connectivity index (χ2v) is 7.68. The number of rotatable bonds is 8. The van der Waals surface area contributed by atoms with E-state index in [1.165, 1.54) is 7.11 Å². The zero-order chi connectivity index (χ0) is 23.7. The Balaban J connectivity index is 1.70. The maximum atomic E-state index is 13.5. The lowest BCUT2D eigenvalue weighted by atomic mass is 10.1. The molecule has 2 aliphatic rings. The van der Waals surface area contributed by atoms with E-state index in [-0.39, 0.29) is 18.3 Å². The molecule has 33 heavy (non-hydrogen) atoms. The van der Waals surface area contributed by atoms with E-state index in [9.17, 15) is 18.4 Å². The van der Waals surface area contributed by atoms with Crippen LogP contribution in [0, 0.1) is 0 Å². The molecule has 0 spiro atoms. The molecule has 0 saturated carbocycles. The number of anilines is 1. The summed E-state index contributed by atoms with van der Waals surface area (Å²) in [6, 6.07) is 3.12. The number of primary amides is 1. The van der Waals surface area contributed by atoms with Crippen molar-refractivity contribution in [1.82, 2.24) is 9.55 Å². The topological polar surface area (TPSA) is 121 Å². The number of imidazole rings is 1. The smallest absolute Gasteiger partial charge is 0.345 e. The zero-order valence-electron chi connectivity index (χ0n) is 18.0. The average Bonchev–Trinajstić information content (AvgIpc) is 3.37. The number of nitrogens with one attached hydrogen (secondary N) is 1. The highest BCUT2D eigenvalue weighted by atomic mass is 19.3. The number of alkyl halides is 2. The molecule has 3 atom stereocenters. The summed E-state index contributed by atoms with van der Waals surface area (Å²) in [5, 5.41) is 3.05. The van der Waals surface area contributed by atoms with E-state index in [2.05, 4.69) is 10.3 Å². The minimum atomic E-state index is -2.72. The molecule has 3 N–H and O–H groups in total. The van der Waals surface area contributed by atoms with E-state index in [1.54, 1.807) is 35.9 Å². The van der Waals surface area contributed by atoms with Gasteiger partial charge in [-0.15, -0.1) is 0 Å². The first-order valence-corrected chi connectivity index (χ1v) is 10.3. The van der Waals surface area contributed by atoms with Gasteiger partial charge in [0.25, 0.3) is 12.2 Å². The van der Waals surface area contributed by atoms with Crippen molar-refractivity contribution in [3.05, 3.63) is 24.4 Å². The van der Waals surface area contributed by atoms with E-state index in [4.69, 9.17) is 19.9 Å². The monoisotopic (exact) mass is 464 g/mol. The summed E-state index contributed by atoms with van der Waals surface area (Å²) >= 11 is 0. The first kappa shape index (κ1) is 22.6. The number of methoxy groups -OCH3 is 1. The van der Waals surface area contributed by atoms with Crippen LogP contribution in [0.25, 0.3) is 11.4 Å². The van der Waals surface area contributed by atoms with Gasteiger partial charge in [-0.25, -0.2) is 8.78 Å². The molecule has 1 aromatic heterocycles. The summed E-state index contributed by atoms with van der Waals surface area (Å²) in [6.45, 7) is 2.13. The second-order valence-electron chi connectivity index (χ2n) is 7.68. The van der Waals surface area contributed by atoms with Crippen molar-refractivity contribution in [1.29, 1.82) is 0 Å². The number of nitrogens with two attached hydrogens (primary N) is 1. The maximum absolute atomic E-state index is 13.5. The molecule has 0 saturated heterocycles. The van der Waals surface area contributed by atoms with Crippen LogP contribution in [0.5, 0.6) is 5.75 Å². The quantitative estimate of drug-likeness (QED) is 0.444. The summed E-state index contributed by atoms with van der Waals surface area (Å²) in [5.41, 5.74) is 6.70. The Kier molecular flexibility index (Phi) is 6.27. The van der Waals surface area contributed by atoms with Crippen molar-refractivity contribution < 1.29 is 37.2 Å². The minimum absolute atomic E-state index is 0.188. The van der Waals surface area contributed by atoms with E-state index < -0.39 is 30.5 Å². The number of aldehydes is 1. The highest BCUT2D eigenvalue weighted by Crippen LogP contribution is 2.36. The number of halogens is 2. The molecule has 0 unspecified atom stereocenters. The lowest BCUT2D eigenvalue weighted by Crippen LogP contribution is -2.44. The molecule has 3 heterocycles. The number of aromatic nitrogens is 2. The van der Waals surface area contributed by atoms with E-state index in [0.717, 1.165) is 4.58 Å². The van der Waals surface area contributed by atoms with Gasteiger partial charge in [0.1, 0.15) is 31.2 Å². The van der Waals surface area contributed by atoms with Gasteiger partial charge in [-0.2, -0.15) is 4.58 Å². The van der Waals surface area contributed by atoms with Crippen molar-refractivity contribution in [3.8, 4) is 17.1 Å². The van der Waals surface area contributed by atoms with Gasteiger partial charge in [0.15, 0.2) is 6.04 Å². The molecule has 0 fully saturated rings. The van der Waals surface area contributed by atoms with Gasteiger partial charge in [-0.05, 0) is 24.0 Å². The normalized spacial score (nSPS) is 19.1. The SMILES string of the molecule is CO[C@H](C)[C@H](Nc1ccc2c(c1)OCCn1cc([N+]3=C(C=O)OC[C@H]3C(F)F)nc1-2)C(N)=O. The standard InChI is InChI=1S/C21H23F2N5O5/c1-11(31-2)18(20(24)30)25-12-3-4-13-15(7-12)32-6-5-27-8-16(26-21(13)27)28-14(19(22)23)10-33-17(28)9-29/h3-4,7-9,11,14,18-19H,5-6,10H2,1-2H3,(H2-,24,25,26,30)/p+1/t11-,14+,18+/m1/s1. The highest BCUT2D eigenvalue weighted by Gasteiger charge is 2.42. The van der Waals surface area contributed by atoms with Crippen molar-refractivity contribution in [2.45, 2.75) is 38.1 Å². The Morgan fingerprint density at radius 1 is 1.42 bits per heavy atom. The van der Waals surface area contributed by atoms with Crippen LogP contribution in [-0.2, 0) is 25.6 Å². The summed E-state index contributed by atoms with van der Waals surface area (Å²) < 4.78 is 46.1. The van der Waals surface area contributed by atoms with Crippen LogP contribution in [-0.4, -0.2) is 77.2 Å². The third kappa shape index (κ3) is 4.25. The molecule has 0 bridgehead atoms. The molecule has 2 aromatic rings. The summed E-state index contributed by atoms with van der Waals surface area (Å²) in [7, 11) is 1.48. The van der Waals surface area contributed by atoms with Crippen LogP contribution in [0.4, 0.5) is 20.3 Å². The largest absolute Gasteiger partial charge is 0.491 e. The average molecular weight is 464 g/mol. The van der Waals surface area contributed by atoms with Crippen LogP contribution in [0.3, 0.4) is 0 Å². The van der Waals surface area contributed by atoms with Crippen LogP contribution in [0.15, 0.2) is 24.4 Å². The van der Waals surface area contributed by atoms with Gasteiger partial charge >= 0.3 is 11.7 Å². The molecule has 1 amide bonds. The van der Waals surface area contributed by atoms with Crippen LogP contribution < -0.4 is 15.8 Å². The molecule has 176 valence electrons. The van der Waals surface area contributed by atoms with Gasteiger partial charge in [0, 0.05) is 18.9 Å². The summed E-state index contributed by atoms with van der Waals surface area (Å²) in [5.74, 6) is 0.406. The lowest BCUT2D eigenvalue weighted by Gasteiger charge is -2.22. The Labute approximate surface area is 187 Å². The number of carbonyl (C=O) groups is 2. The first-order chi connectivity index (χ1) is 15.8. The molecule has 1 aromatic carbocycles. The Hall–Kier alpha value is -3.54. The number of hydrogen-bond acceptors (Lipinski definition) is 7. The van der Waals surface area contributed by atoms with Gasteiger partial charge < -0.3 is 29.8 Å². The predicted octanol–water partition coefficient (Wildman–Crippen LogP) is 1.15. The van der Waals surface area contributed by atoms with Crippen molar-refractivity contribution in [3.63, 3.8) is 0 Å². The fourth-order valence-electron chi connectivity index (χ4n) is 3.85. The molecular weight excluding hydrogens is 440 g/mol. The molecule has 12 heteroatoms. The minimum Gasteiger partial charge on any atom is -0.491 e. The molecular formula is C21H24F2N5O5+. The van der Waals surface area contributed by atoms with Gasteiger partial charge in [-0.3, -0.25) is 9.59 Å². The molecule has 2 aliphatic heterocycles. The number of ether oxygens (including phenoxy) is 3. The van der Waals surface area contributed by atoms with E-state index in [0.29, 0.717) is 42.3 Å². The van der Waals surface area contributed by atoms with Crippen molar-refractivity contribution >= 4 is 29.6 Å². The Morgan fingerprint density at radius 2 is 2.21 bits per heavy atom.